The maximum atomic E-state index is 2.46. The summed E-state index contributed by atoms with van der Waals surface area (Å²) < 4.78 is 0. The number of hydrogen-bond donors (Lipinski definition) is 0. The monoisotopic (exact) mass is 1550 g/mol. The molecular formula is C84H193N25. The van der Waals surface area contributed by atoms with Crippen LogP contribution in [0.3, 0.4) is 0 Å². The summed E-state index contributed by atoms with van der Waals surface area (Å²) in [4.78, 5) is 61.0. The van der Waals surface area contributed by atoms with Crippen LogP contribution in [0.2, 0.25) is 0 Å². The van der Waals surface area contributed by atoms with E-state index in [0.29, 0.717) is 0 Å². The Hall–Kier alpha value is -1.00. The molecule has 0 spiro atoms. The lowest BCUT2D eigenvalue weighted by atomic mass is 10.3. The predicted octanol–water partition coefficient (Wildman–Crippen LogP) is 1.81. The lowest BCUT2D eigenvalue weighted by molar-refractivity contribution is 0.181. The fourth-order valence-electron chi connectivity index (χ4n) is 13.8. The molecule has 7 rings (SSSR count). The molecule has 0 saturated carbocycles. The van der Waals surface area contributed by atoms with Gasteiger partial charge in [0.1, 0.15) is 0 Å². The van der Waals surface area contributed by atoms with E-state index >= 15 is 0 Å². The Morgan fingerprint density at radius 3 is 0.156 bits per heavy atom. The first-order valence-electron chi connectivity index (χ1n) is 44.0. The molecule has 7 heterocycles. The smallest absolute Gasteiger partial charge is 0.0107 e. The average Bonchev–Trinajstić information content (AvgIpc) is 1.99. The zero-order valence-electron chi connectivity index (χ0n) is 77.9. The molecule has 7 fully saturated rings. The van der Waals surface area contributed by atoms with Gasteiger partial charge in [-0.15, -0.1) is 0 Å². The highest BCUT2D eigenvalue weighted by molar-refractivity contribution is 4.72. The van der Waals surface area contributed by atoms with Gasteiger partial charge in [0, 0.05) is 209 Å². The minimum atomic E-state index is 1.16. The van der Waals surface area contributed by atoms with E-state index in [0.717, 1.165) is 26.2 Å². The molecular weight excluding hydrogens is 1360 g/mol. The highest BCUT2D eigenvalue weighted by atomic mass is 15.3. The van der Waals surface area contributed by atoms with Gasteiger partial charge in [-0.05, 0) is 352 Å². The molecule has 0 atom stereocenters. The summed E-state index contributed by atoms with van der Waals surface area (Å²) in [7, 11) is 55.7. The summed E-state index contributed by atoms with van der Waals surface area (Å²) in [5, 5.41) is 0. The zero-order chi connectivity index (χ0) is 81.2. The SMILES string of the molecule is CN1CCCN(C)CCCN(C)CCC1.CN1CCCN(C)CCN(C)CC1.CN1CCCN(C)CCN(C)CCC1.CN1CCCN(C)CCN(C)CCCN(C)CC1.CN1CCCN(C)CCN(C)CCN(C)CCN(C)CC1.CN1CCN(C)CCN(C)CC1.CN1CCN(C)CCN(C)CCN(C)CC1. The van der Waals surface area contributed by atoms with Crippen LogP contribution in [0.5, 0.6) is 0 Å². The van der Waals surface area contributed by atoms with Crippen molar-refractivity contribution in [3.8, 4) is 0 Å². The van der Waals surface area contributed by atoms with Crippen LogP contribution in [0.25, 0.3) is 0 Å². The maximum absolute atomic E-state index is 2.46. The molecule has 109 heavy (non-hydrogen) atoms. The predicted molar refractivity (Wildman–Crippen MR) is 479 cm³/mol. The number of nitrogens with zero attached hydrogens (tertiary/aromatic N) is 25. The second-order valence-electron chi connectivity index (χ2n) is 35.8. The van der Waals surface area contributed by atoms with Gasteiger partial charge in [-0.2, -0.15) is 0 Å². The Bertz CT molecular complexity index is 1750. The molecule has 0 aromatic heterocycles. The summed E-state index contributed by atoms with van der Waals surface area (Å²) in [5.74, 6) is 0. The summed E-state index contributed by atoms with van der Waals surface area (Å²) >= 11 is 0. The van der Waals surface area contributed by atoms with E-state index < -0.39 is 0 Å². The van der Waals surface area contributed by atoms with Crippen LogP contribution in [0.1, 0.15) is 57.8 Å². The van der Waals surface area contributed by atoms with Crippen molar-refractivity contribution in [2.24, 2.45) is 0 Å². The molecule has 0 amide bonds. The topological polar surface area (TPSA) is 81.0 Å². The minimum Gasteiger partial charge on any atom is -0.306 e. The first-order chi connectivity index (χ1) is 51.8. The Morgan fingerprint density at radius 1 is 0.0642 bits per heavy atom. The van der Waals surface area contributed by atoms with Crippen molar-refractivity contribution in [1.29, 1.82) is 0 Å². The number of rotatable bonds is 0. The summed E-state index contributed by atoms with van der Waals surface area (Å²) in [6, 6.07) is 0. The molecule has 7 aliphatic rings. The normalized spacial score (nSPS) is 26.1. The maximum Gasteiger partial charge on any atom is 0.0107 e. The van der Waals surface area contributed by atoms with Crippen molar-refractivity contribution >= 4 is 0 Å². The number of likely N-dealkylation sites (N-methyl/N-ethyl adjacent to an activating group) is 21. The van der Waals surface area contributed by atoms with Crippen LogP contribution >= 0.6 is 0 Å². The van der Waals surface area contributed by atoms with Crippen LogP contribution < -0.4 is 0 Å². The fourth-order valence-corrected chi connectivity index (χ4v) is 13.8. The van der Waals surface area contributed by atoms with Crippen LogP contribution in [-0.2, 0) is 0 Å². The lowest BCUT2D eigenvalue weighted by Gasteiger charge is -2.28. The molecule has 0 aliphatic carbocycles. The van der Waals surface area contributed by atoms with Crippen molar-refractivity contribution in [1.82, 2.24) is 122 Å². The second kappa shape index (κ2) is 68.0. The summed E-state index contributed by atoms with van der Waals surface area (Å²) in [5.41, 5.74) is 0. The van der Waals surface area contributed by atoms with Crippen molar-refractivity contribution in [2.75, 3.05) is 503 Å². The third-order valence-corrected chi connectivity index (χ3v) is 23.5. The van der Waals surface area contributed by atoms with Crippen molar-refractivity contribution < 1.29 is 0 Å². The van der Waals surface area contributed by atoms with E-state index in [1.165, 1.54) is 359 Å². The molecule has 0 bridgehead atoms. The van der Waals surface area contributed by atoms with Crippen LogP contribution in [0.4, 0.5) is 0 Å². The molecule has 25 nitrogen and oxygen atoms in total. The number of hydrogen-bond acceptors (Lipinski definition) is 25. The molecule has 0 aromatic carbocycles. The van der Waals surface area contributed by atoms with E-state index in [4.69, 9.17) is 0 Å². The molecule has 0 aromatic rings. The van der Waals surface area contributed by atoms with Gasteiger partial charge < -0.3 is 122 Å². The molecule has 0 N–H and O–H groups in total. The molecule has 0 radical (unpaired) electrons. The molecule has 7 aliphatic heterocycles. The molecule has 7 saturated heterocycles. The largest absolute Gasteiger partial charge is 0.306 e. The first kappa shape index (κ1) is 106. The molecule has 0 unspecified atom stereocenters. The van der Waals surface area contributed by atoms with Gasteiger partial charge in [-0.1, -0.05) is 0 Å². The molecule has 654 valence electrons. The second-order valence-corrected chi connectivity index (χ2v) is 35.8. The Morgan fingerprint density at radius 2 is 0.101 bits per heavy atom. The van der Waals surface area contributed by atoms with Gasteiger partial charge in [0.2, 0.25) is 0 Å². The van der Waals surface area contributed by atoms with Crippen LogP contribution in [0, 0.1) is 0 Å². The van der Waals surface area contributed by atoms with E-state index in [-0.39, 0.29) is 0 Å². The van der Waals surface area contributed by atoms with Crippen LogP contribution in [0.15, 0.2) is 0 Å². The van der Waals surface area contributed by atoms with Crippen LogP contribution in [-0.4, -0.2) is 626 Å². The van der Waals surface area contributed by atoms with Gasteiger partial charge in [-0.3, -0.25) is 0 Å². The van der Waals surface area contributed by atoms with Crippen molar-refractivity contribution in [3.05, 3.63) is 0 Å². The van der Waals surface area contributed by atoms with E-state index in [2.05, 4.69) is 299 Å². The van der Waals surface area contributed by atoms with Gasteiger partial charge in [0.05, 0.1) is 0 Å². The minimum absolute atomic E-state index is 1.16. The van der Waals surface area contributed by atoms with Crippen molar-refractivity contribution in [2.45, 2.75) is 57.8 Å². The first-order valence-corrected chi connectivity index (χ1v) is 44.0. The Kier molecular flexibility index (Phi) is 66.1. The van der Waals surface area contributed by atoms with E-state index in [1.54, 1.807) is 0 Å². The lowest BCUT2D eigenvalue weighted by Crippen LogP contribution is -2.42. The van der Waals surface area contributed by atoms with E-state index in [9.17, 15) is 0 Å². The third-order valence-electron chi connectivity index (χ3n) is 23.5. The highest BCUT2D eigenvalue weighted by Gasteiger charge is 2.16. The van der Waals surface area contributed by atoms with Crippen molar-refractivity contribution in [3.63, 3.8) is 0 Å². The quantitative estimate of drug-likeness (QED) is 0.354. The van der Waals surface area contributed by atoms with Gasteiger partial charge >= 0.3 is 0 Å². The Labute approximate surface area is 680 Å². The summed E-state index contributed by atoms with van der Waals surface area (Å²) in [6.07, 6.45) is 11.7. The van der Waals surface area contributed by atoms with Gasteiger partial charge in [0.25, 0.3) is 0 Å². The fraction of sp³-hybridized carbons (Fsp3) is 1.00. The third kappa shape index (κ3) is 66.7. The van der Waals surface area contributed by atoms with Gasteiger partial charge in [0.15, 0.2) is 0 Å². The summed E-state index contributed by atoms with van der Waals surface area (Å²) in [6.45, 7) is 60.1. The van der Waals surface area contributed by atoms with Gasteiger partial charge in [-0.25, -0.2) is 0 Å². The highest BCUT2D eigenvalue weighted by Crippen LogP contribution is 2.05. The average molecular weight is 1550 g/mol. The van der Waals surface area contributed by atoms with E-state index in [1.807, 2.05) is 0 Å². The Balaban J connectivity index is 0.000000640. The zero-order valence-corrected chi connectivity index (χ0v) is 77.9. The molecule has 25 heteroatoms. The standard InChI is InChI=1S/C16H37N5.C14H32N4.C12H28N4.C12H27N3.C11H25N3.C10H23N3.C9H21N3/c1-17-7-6-8-18(2)10-12-20(4)14-16-21(5)15-13-19(3)11-9-17;1-15-7-5-8-17(3)13-14-18(4)10-6-9-16(2)12-11-15;1-13-5-7-14(2)9-11-16(4)12-10-15(3)8-6-13;1-13-7-4-9-14(2)11-6-12-15(3)10-5-8-13;1-12-6-4-8-13(2)10-11-14(3)9-5-7-12;1-11-5-4-6-12(2)8-10-13(3)9-7-11;1-10-4-6-11(2)8-9-12(3)7-5-10/h6-16H2,1-5H3;5-14H2,1-4H3;5-12H2,1-4H3;4-12H2,1-3H3;4-11H2,1-3H3;4-10H2,1-3H3;4-9H2,1-3H3.